The summed E-state index contributed by atoms with van der Waals surface area (Å²) in [5.74, 6) is -1.15. The van der Waals surface area contributed by atoms with E-state index >= 15 is 0 Å². The molecule has 3 aromatic rings. The lowest BCUT2D eigenvalue weighted by Gasteiger charge is -2.33. The van der Waals surface area contributed by atoms with Crippen molar-refractivity contribution >= 4 is 68.0 Å². The van der Waals surface area contributed by atoms with Crippen molar-refractivity contribution in [3.8, 4) is 5.75 Å². The molecule has 0 bridgehead atoms. The second-order valence-electron chi connectivity index (χ2n) is 10.3. The second kappa shape index (κ2) is 15.1. The van der Waals surface area contributed by atoms with E-state index in [0.29, 0.717) is 17.0 Å². The van der Waals surface area contributed by atoms with Gasteiger partial charge in [-0.05, 0) is 69.2 Å². The van der Waals surface area contributed by atoms with E-state index in [9.17, 15) is 28.1 Å². The number of halogens is 3. The van der Waals surface area contributed by atoms with Crippen LogP contribution >= 0.6 is 34.8 Å². The molecule has 242 valence electrons. The molecule has 0 aromatic heterocycles. The minimum Gasteiger partial charge on any atom is -0.495 e. The number of amides is 2. The number of rotatable bonds is 13. The Hall–Kier alpha value is -3.58. The van der Waals surface area contributed by atoms with E-state index in [1.807, 2.05) is 13.8 Å². The van der Waals surface area contributed by atoms with Crippen LogP contribution in [0.4, 0.5) is 11.4 Å². The summed E-state index contributed by atoms with van der Waals surface area (Å²) in [5, 5.41) is 15.2. The third-order valence-electron chi connectivity index (χ3n) is 7.16. The van der Waals surface area contributed by atoms with Crippen LogP contribution in [0.5, 0.6) is 5.75 Å². The highest BCUT2D eigenvalue weighted by molar-refractivity contribution is 7.92. The lowest BCUT2D eigenvalue weighted by molar-refractivity contribution is -0.385. The number of anilines is 1. The largest absolute Gasteiger partial charge is 0.495 e. The summed E-state index contributed by atoms with van der Waals surface area (Å²) in [6.45, 7) is 5.77. The van der Waals surface area contributed by atoms with Crippen LogP contribution in [0.15, 0.2) is 59.5 Å². The number of aryl methyl sites for hydroxylation is 1. The topological polar surface area (TPSA) is 139 Å². The molecule has 0 radical (unpaired) electrons. The number of nitrogens with one attached hydrogen (secondary N) is 1. The molecule has 0 aliphatic heterocycles. The molecule has 3 aromatic carbocycles. The number of hydrogen-bond acceptors (Lipinski definition) is 7. The standard InChI is InChI=1S/C30H33Cl3N4O7S/c1-6-19(3)34-30(39)20(4)35(16-21-8-11-24(32)25(33)13-21)29(38)17-36(27-14-22(31)9-12-28(27)44-5)45(42,43)23-10-7-18(2)26(15-23)37(40)41/h7-15,19-20H,6,16-17H2,1-5H3,(H,34,39). The van der Waals surface area contributed by atoms with Crippen LogP contribution < -0.4 is 14.4 Å². The van der Waals surface area contributed by atoms with E-state index in [0.717, 1.165) is 10.4 Å². The Balaban J connectivity index is 2.17. The van der Waals surface area contributed by atoms with E-state index in [1.165, 1.54) is 56.2 Å². The molecular weight excluding hydrogens is 667 g/mol. The van der Waals surface area contributed by atoms with Crippen LogP contribution in [0, 0.1) is 17.0 Å². The van der Waals surface area contributed by atoms with Gasteiger partial charge in [0.25, 0.3) is 15.7 Å². The zero-order valence-electron chi connectivity index (χ0n) is 25.2. The molecule has 15 heteroatoms. The number of nitro benzene ring substituents is 1. The van der Waals surface area contributed by atoms with Crippen molar-refractivity contribution in [2.45, 2.75) is 57.6 Å². The molecule has 0 saturated heterocycles. The van der Waals surface area contributed by atoms with Crippen molar-refractivity contribution in [2.75, 3.05) is 18.0 Å². The number of sulfonamides is 1. The van der Waals surface area contributed by atoms with Crippen molar-refractivity contribution in [1.82, 2.24) is 10.2 Å². The first-order chi connectivity index (χ1) is 21.1. The van der Waals surface area contributed by atoms with Crippen LogP contribution in [-0.4, -0.2) is 55.8 Å². The van der Waals surface area contributed by atoms with Crippen molar-refractivity contribution in [2.24, 2.45) is 0 Å². The average Bonchev–Trinajstić information content (AvgIpc) is 2.99. The molecular formula is C30H33Cl3N4O7S. The van der Waals surface area contributed by atoms with Gasteiger partial charge in [0.15, 0.2) is 0 Å². The number of nitro groups is 1. The Kier molecular flexibility index (Phi) is 12.1. The van der Waals surface area contributed by atoms with Crippen LogP contribution in [0.1, 0.15) is 38.3 Å². The molecule has 0 aliphatic rings. The minimum absolute atomic E-state index is 0.0657. The molecule has 3 rings (SSSR count). The maximum absolute atomic E-state index is 14.2. The van der Waals surface area contributed by atoms with Crippen LogP contribution in [0.3, 0.4) is 0 Å². The van der Waals surface area contributed by atoms with Crippen molar-refractivity contribution in [3.05, 3.63) is 90.9 Å². The highest BCUT2D eigenvalue weighted by Gasteiger charge is 2.35. The maximum atomic E-state index is 14.2. The number of methoxy groups -OCH3 is 1. The fourth-order valence-electron chi connectivity index (χ4n) is 4.33. The zero-order chi connectivity index (χ0) is 33.6. The molecule has 1 N–H and O–H groups in total. The summed E-state index contributed by atoms with van der Waals surface area (Å²) in [5.41, 5.74) is 0.269. The van der Waals surface area contributed by atoms with Crippen molar-refractivity contribution < 1.29 is 27.7 Å². The van der Waals surface area contributed by atoms with Gasteiger partial charge in [-0.15, -0.1) is 0 Å². The first-order valence-corrected chi connectivity index (χ1v) is 16.3. The molecule has 2 amide bonds. The summed E-state index contributed by atoms with van der Waals surface area (Å²) in [6, 6.07) is 11.1. The van der Waals surface area contributed by atoms with Crippen LogP contribution in [0.25, 0.3) is 0 Å². The van der Waals surface area contributed by atoms with E-state index in [2.05, 4.69) is 5.32 Å². The van der Waals surface area contributed by atoms with Gasteiger partial charge < -0.3 is 15.0 Å². The van der Waals surface area contributed by atoms with Gasteiger partial charge in [-0.1, -0.05) is 53.9 Å². The van der Waals surface area contributed by atoms with Crippen LogP contribution in [-0.2, 0) is 26.2 Å². The van der Waals surface area contributed by atoms with Gasteiger partial charge >= 0.3 is 0 Å². The molecule has 0 saturated carbocycles. The Bertz CT molecular complexity index is 1700. The molecule has 45 heavy (non-hydrogen) atoms. The fraction of sp³-hybridized carbons (Fsp3) is 0.333. The highest BCUT2D eigenvalue weighted by Crippen LogP contribution is 2.36. The predicted octanol–water partition coefficient (Wildman–Crippen LogP) is 6.40. The molecule has 0 heterocycles. The minimum atomic E-state index is -4.66. The third-order valence-corrected chi connectivity index (χ3v) is 9.89. The smallest absolute Gasteiger partial charge is 0.273 e. The quantitative estimate of drug-likeness (QED) is 0.161. The van der Waals surface area contributed by atoms with Crippen molar-refractivity contribution in [3.63, 3.8) is 0 Å². The molecule has 2 atom stereocenters. The monoisotopic (exact) mass is 698 g/mol. The molecule has 0 fully saturated rings. The first kappa shape index (κ1) is 35.9. The SMILES string of the molecule is CCC(C)NC(=O)C(C)N(Cc1ccc(Cl)c(Cl)c1)C(=O)CN(c1cc(Cl)ccc1OC)S(=O)(=O)c1ccc(C)c([N+](=O)[O-])c1. The van der Waals surface area contributed by atoms with Gasteiger partial charge in [0, 0.05) is 29.2 Å². The second-order valence-corrected chi connectivity index (χ2v) is 13.4. The first-order valence-electron chi connectivity index (χ1n) is 13.8. The van der Waals surface area contributed by atoms with Gasteiger partial charge in [-0.25, -0.2) is 8.42 Å². The van der Waals surface area contributed by atoms with Crippen molar-refractivity contribution in [1.29, 1.82) is 0 Å². The summed E-state index contributed by atoms with van der Waals surface area (Å²) in [6.07, 6.45) is 0.641. The number of carbonyl (C=O) groups excluding carboxylic acids is 2. The number of ether oxygens (including phenoxy) is 1. The predicted molar refractivity (Wildman–Crippen MR) is 175 cm³/mol. The summed E-state index contributed by atoms with van der Waals surface area (Å²) in [4.78, 5) is 39.1. The van der Waals surface area contributed by atoms with Gasteiger partial charge in [-0.3, -0.25) is 24.0 Å². The zero-order valence-corrected chi connectivity index (χ0v) is 28.3. The normalized spacial score (nSPS) is 12.6. The Morgan fingerprint density at radius 3 is 2.31 bits per heavy atom. The highest BCUT2D eigenvalue weighted by atomic mass is 35.5. The van der Waals surface area contributed by atoms with E-state index in [1.54, 1.807) is 18.2 Å². The maximum Gasteiger partial charge on any atom is 0.273 e. The summed E-state index contributed by atoms with van der Waals surface area (Å²) >= 11 is 18.5. The van der Waals surface area contributed by atoms with E-state index in [-0.39, 0.29) is 39.6 Å². The Labute approximate surface area is 277 Å². The van der Waals surface area contributed by atoms with E-state index in [4.69, 9.17) is 39.5 Å². The Morgan fingerprint density at radius 1 is 1.02 bits per heavy atom. The lowest BCUT2D eigenvalue weighted by atomic mass is 10.1. The number of nitrogens with zero attached hydrogens (tertiary/aromatic N) is 3. The average molecular weight is 700 g/mol. The Morgan fingerprint density at radius 2 is 1.71 bits per heavy atom. The number of benzene rings is 3. The number of hydrogen-bond donors (Lipinski definition) is 1. The van der Waals surface area contributed by atoms with Gasteiger partial charge in [-0.2, -0.15) is 0 Å². The number of carbonyl (C=O) groups is 2. The third kappa shape index (κ3) is 8.57. The fourth-order valence-corrected chi connectivity index (χ4v) is 6.25. The molecule has 11 nitrogen and oxygen atoms in total. The summed E-state index contributed by atoms with van der Waals surface area (Å²) in [7, 11) is -3.34. The van der Waals surface area contributed by atoms with E-state index < -0.39 is 49.9 Å². The molecule has 0 spiro atoms. The molecule has 0 aliphatic carbocycles. The molecule has 2 unspecified atom stereocenters. The lowest BCUT2D eigenvalue weighted by Crippen LogP contribution is -2.52. The van der Waals surface area contributed by atoms with Gasteiger partial charge in [0.05, 0.1) is 32.7 Å². The van der Waals surface area contributed by atoms with Gasteiger partial charge in [0.2, 0.25) is 11.8 Å². The summed E-state index contributed by atoms with van der Waals surface area (Å²) < 4.78 is 34.6. The van der Waals surface area contributed by atoms with Gasteiger partial charge in [0.1, 0.15) is 18.3 Å². The van der Waals surface area contributed by atoms with Crippen LogP contribution in [0.2, 0.25) is 15.1 Å².